The summed E-state index contributed by atoms with van der Waals surface area (Å²) >= 11 is -1.36. The summed E-state index contributed by atoms with van der Waals surface area (Å²) in [7, 11) is 0. The van der Waals surface area contributed by atoms with E-state index in [4.69, 9.17) is 5.73 Å². The molecule has 1 aromatic carbocycles. The van der Waals surface area contributed by atoms with E-state index in [1.165, 1.54) is 0 Å². The van der Waals surface area contributed by atoms with Gasteiger partial charge in [-0.25, -0.2) is 0 Å². The van der Waals surface area contributed by atoms with E-state index in [1.807, 2.05) is 0 Å². The van der Waals surface area contributed by atoms with Crippen molar-refractivity contribution in [3.63, 3.8) is 0 Å². The molecule has 0 spiro atoms. The molecule has 1 atom stereocenters. The van der Waals surface area contributed by atoms with Crippen molar-refractivity contribution in [3.05, 3.63) is 18.2 Å². The maximum absolute atomic E-state index is 11.4. The zero-order valence-electron chi connectivity index (χ0n) is 6.66. The number of rotatable bonds is 0. The first-order valence-corrected chi connectivity index (χ1v) is 5.03. The SMILES string of the molecule is [NH]c1cccc2c1[S+]([O-])CC(=O)N2. The van der Waals surface area contributed by atoms with Gasteiger partial charge < -0.3 is 9.87 Å². The fourth-order valence-electron chi connectivity index (χ4n) is 1.26. The van der Waals surface area contributed by atoms with E-state index in [0.717, 1.165) is 0 Å². The molecule has 0 bridgehead atoms. The molecule has 0 saturated heterocycles. The van der Waals surface area contributed by atoms with Crippen LogP contribution in [-0.2, 0) is 16.0 Å². The summed E-state index contributed by atoms with van der Waals surface area (Å²) in [6.07, 6.45) is 0. The first kappa shape index (κ1) is 8.40. The molecule has 0 saturated carbocycles. The molecule has 0 aliphatic carbocycles. The molecule has 0 aromatic heterocycles. The van der Waals surface area contributed by atoms with E-state index < -0.39 is 11.2 Å². The topological polar surface area (TPSA) is 76.0 Å². The van der Waals surface area contributed by atoms with Crippen LogP contribution < -0.4 is 11.1 Å². The number of hydrogen-bond donors (Lipinski definition) is 1. The molecule has 2 N–H and O–H groups in total. The summed E-state index contributed by atoms with van der Waals surface area (Å²) < 4.78 is 11.4. The van der Waals surface area contributed by atoms with Gasteiger partial charge in [0.25, 0.3) is 5.91 Å². The van der Waals surface area contributed by atoms with Crippen LogP contribution in [0.25, 0.3) is 0 Å². The lowest BCUT2D eigenvalue weighted by atomic mass is 10.3. The second kappa shape index (κ2) is 2.93. The number of hydrogen-bond acceptors (Lipinski definition) is 2. The van der Waals surface area contributed by atoms with Crippen LogP contribution in [0.5, 0.6) is 0 Å². The maximum Gasteiger partial charge on any atom is 0.274 e. The molecule has 2 rings (SSSR count). The summed E-state index contributed by atoms with van der Waals surface area (Å²) in [5.74, 6) is -0.292. The Morgan fingerprint density at radius 2 is 2.31 bits per heavy atom. The summed E-state index contributed by atoms with van der Waals surface area (Å²) in [5, 5.41) is 2.58. The quantitative estimate of drug-likeness (QED) is 0.617. The second-order valence-corrected chi connectivity index (χ2v) is 4.11. The van der Waals surface area contributed by atoms with Crippen molar-refractivity contribution >= 4 is 28.5 Å². The van der Waals surface area contributed by atoms with Crippen LogP contribution in [-0.4, -0.2) is 16.2 Å². The molecule has 13 heavy (non-hydrogen) atoms. The molecular weight excluding hydrogens is 188 g/mol. The summed E-state index contributed by atoms with van der Waals surface area (Å²) in [4.78, 5) is 11.4. The van der Waals surface area contributed by atoms with E-state index in [0.29, 0.717) is 10.6 Å². The lowest BCUT2D eigenvalue weighted by molar-refractivity contribution is -0.114. The second-order valence-electron chi connectivity index (χ2n) is 2.72. The minimum Gasteiger partial charge on any atom is -0.611 e. The van der Waals surface area contributed by atoms with Crippen molar-refractivity contribution in [1.82, 2.24) is 5.73 Å². The Morgan fingerprint density at radius 3 is 3.08 bits per heavy atom. The fourth-order valence-corrected chi connectivity index (χ4v) is 2.39. The first-order chi connectivity index (χ1) is 6.18. The molecule has 1 amide bonds. The highest BCUT2D eigenvalue weighted by molar-refractivity contribution is 7.92. The normalized spacial score (nSPS) is 20.7. The van der Waals surface area contributed by atoms with Gasteiger partial charge in [0, 0.05) is 0 Å². The minimum atomic E-state index is -1.36. The predicted octanol–water partition coefficient (Wildman–Crippen LogP) is 0.661. The first-order valence-electron chi connectivity index (χ1n) is 3.71. The molecule has 1 heterocycles. The van der Waals surface area contributed by atoms with Gasteiger partial charge in [-0.3, -0.25) is 10.5 Å². The predicted molar refractivity (Wildman–Crippen MR) is 49.1 cm³/mol. The monoisotopic (exact) mass is 195 g/mol. The molecule has 67 valence electrons. The molecule has 1 aromatic rings. The van der Waals surface area contributed by atoms with Gasteiger partial charge in [0.15, 0.2) is 5.75 Å². The third-order valence-electron chi connectivity index (χ3n) is 1.78. The summed E-state index contributed by atoms with van der Waals surface area (Å²) in [6, 6.07) is 4.88. The van der Waals surface area contributed by atoms with Gasteiger partial charge in [-0.15, -0.1) is 0 Å². The third kappa shape index (κ3) is 1.36. The van der Waals surface area contributed by atoms with Gasteiger partial charge in [0.1, 0.15) is 5.69 Å². The highest BCUT2D eigenvalue weighted by Gasteiger charge is 2.29. The van der Waals surface area contributed by atoms with Crippen LogP contribution in [0.15, 0.2) is 23.1 Å². The number of anilines is 1. The number of benzene rings is 1. The summed E-state index contributed by atoms with van der Waals surface area (Å²) in [5.41, 5.74) is 8.22. The van der Waals surface area contributed by atoms with Crippen LogP contribution in [0, 0.1) is 0 Å². The van der Waals surface area contributed by atoms with Crippen molar-refractivity contribution in [3.8, 4) is 0 Å². The van der Waals surface area contributed by atoms with Gasteiger partial charge in [0.2, 0.25) is 4.90 Å². The van der Waals surface area contributed by atoms with E-state index in [2.05, 4.69) is 5.32 Å². The molecule has 0 fully saturated rings. The Hall–Kier alpha value is -1.20. The largest absolute Gasteiger partial charge is 0.611 e. The van der Waals surface area contributed by atoms with Crippen molar-refractivity contribution in [1.29, 1.82) is 0 Å². The molecule has 1 aliphatic heterocycles. The zero-order chi connectivity index (χ0) is 9.42. The van der Waals surface area contributed by atoms with Crippen molar-refractivity contribution in [2.24, 2.45) is 0 Å². The van der Waals surface area contributed by atoms with Crippen molar-refractivity contribution < 1.29 is 9.35 Å². The number of nitrogens with one attached hydrogen (secondary N) is 2. The average Bonchev–Trinajstić information content (AvgIpc) is 2.02. The van der Waals surface area contributed by atoms with Crippen LogP contribution in [0.1, 0.15) is 0 Å². The van der Waals surface area contributed by atoms with Crippen LogP contribution in [0.3, 0.4) is 0 Å². The molecular formula is C8H7N2O2S. The van der Waals surface area contributed by atoms with E-state index >= 15 is 0 Å². The van der Waals surface area contributed by atoms with Gasteiger partial charge in [-0.05, 0) is 23.3 Å². The number of carbonyl (C=O) groups excluding carboxylic acids is 1. The molecule has 4 nitrogen and oxygen atoms in total. The molecule has 1 radical (unpaired) electrons. The summed E-state index contributed by atoms with van der Waals surface area (Å²) in [6.45, 7) is 0. The van der Waals surface area contributed by atoms with E-state index in [-0.39, 0.29) is 17.3 Å². The van der Waals surface area contributed by atoms with Crippen LogP contribution in [0.2, 0.25) is 0 Å². The van der Waals surface area contributed by atoms with E-state index in [9.17, 15) is 9.35 Å². The standard InChI is InChI=1S/C8H7N2O2S/c9-5-2-1-3-6-8(5)13(12)4-7(11)10-6/h1-3,9H,4H2,(H,10,11). The highest BCUT2D eigenvalue weighted by Crippen LogP contribution is 2.31. The van der Waals surface area contributed by atoms with Gasteiger partial charge in [0.05, 0.1) is 5.69 Å². The average molecular weight is 195 g/mol. The number of amides is 1. The van der Waals surface area contributed by atoms with Crippen LogP contribution >= 0.6 is 0 Å². The van der Waals surface area contributed by atoms with Gasteiger partial charge in [-0.2, -0.15) is 0 Å². The van der Waals surface area contributed by atoms with Crippen molar-refractivity contribution in [2.75, 3.05) is 11.1 Å². The zero-order valence-corrected chi connectivity index (χ0v) is 7.48. The Kier molecular flexibility index (Phi) is 1.90. The Bertz CT molecular complexity index is 367. The van der Waals surface area contributed by atoms with Crippen molar-refractivity contribution in [2.45, 2.75) is 4.90 Å². The molecule has 1 aliphatic rings. The lowest BCUT2D eigenvalue weighted by Crippen LogP contribution is -2.29. The smallest absolute Gasteiger partial charge is 0.274 e. The number of carbonyl (C=O) groups is 1. The molecule has 1 unspecified atom stereocenters. The Balaban J connectivity index is 2.55. The minimum absolute atomic E-state index is 0.0388. The Labute approximate surface area is 78.3 Å². The number of fused-ring (bicyclic) bond motifs is 1. The van der Waals surface area contributed by atoms with Gasteiger partial charge in [-0.1, -0.05) is 6.07 Å². The van der Waals surface area contributed by atoms with Gasteiger partial charge >= 0.3 is 0 Å². The molecule has 5 heteroatoms. The third-order valence-corrected chi connectivity index (χ3v) is 3.20. The highest BCUT2D eigenvalue weighted by atomic mass is 32.2. The lowest BCUT2D eigenvalue weighted by Gasteiger charge is -2.20. The maximum atomic E-state index is 11.4. The Morgan fingerprint density at radius 1 is 1.54 bits per heavy atom. The van der Waals surface area contributed by atoms with E-state index in [1.54, 1.807) is 18.2 Å². The fraction of sp³-hybridized carbons (Fsp3) is 0.125. The van der Waals surface area contributed by atoms with Crippen LogP contribution in [0.4, 0.5) is 11.4 Å².